The quantitative estimate of drug-likeness (QED) is 0.493. The molecule has 3 rings (SSSR count). The number of amides is 2. The molecular weight excluding hydrogens is 298 g/mol. The highest BCUT2D eigenvalue weighted by atomic mass is 16.6. The van der Waals surface area contributed by atoms with Gasteiger partial charge < -0.3 is 0 Å². The number of benzene rings is 2. The monoisotopic (exact) mass is 313 g/mol. The van der Waals surface area contributed by atoms with Gasteiger partial charge in [-0.3, -0.25) is 29.5 Å². The van der Waals surface area contributed by atoms with Gasteiger partial charge in [-0.15, -0.1) is 0 Å². The van der Waals surface area contributed by atoms with E-state index >= 15 is 0 Å². The molecule has 1 heterocycles. The molecule has 0 aliphatic carbocycles. The molecule has 23 heavy (non-hydrogen) atoms. The van der Waals surface area contributed by atoms with Crippen molar-refractivity contribution in [1.29, 1.82) is 0 Å². The standard InChI is InChI=1S/C16H15N3O4/c1-9(17(2)3)18-15(20)11-6-4-5-10-7-8-12(19(22)23)14(13(10)11)16(18)21/h4-9H,1-3H3. The van der Waals surface area contributed by atoms with E-state index in [-0.39, 0.29) is 11.3 Å². The fraction of sp³-hybridized carbons (Fsp3) is 0.250. The second-order valence-electron chi connectivity index (χ2n) is 5.70. The molecule has 0 fully saturated rings. The summed E-state index contributed by atoms with van der Waals surface area (Å²) >= 11 is 0. The minimum atomic E-state index is -0.632. The van der Waals surface area contributed by atoms with Gasteiger partial charge in [0.1, 0.15) is 5.56 Å². The van der Waals surface area contributed by atoms with Crippen LogP contribution in [0.1, 0.15) is 27.6 Å². The number of nitrogens with zero attached hydrogens (tertiary/aromatic N) is 3. The Kier molecular flexibility index (Phi) is 3.37. The molecule has 0 N–H and O–H groups in total. The molecule has 1 aliphatic heterocycles. The van der Waals surface area contributed by atoms with E-state index in [2.05, 4.69) is 0 Å². The van der Waals surface area contributed by atoms with Gasteiger partial charge in [0.25, 0.3) is 17.5 Å². The normalized spacial score (nSPS) is 15.4. The predicted molar refractivity (Wildman–Crippen MR) is 84.3 cm³/mol. The Bertz CT molecular complexity index is 860. The maximum absolute atomic E-state index is 12.9. The number of rotatable bonds is 3. The first-order valence-electron chi connectivity index (χ1n) is 7.09. The third kappa shape index (κ3) is 2.08. The van der Waals surface area contributed by atoms with Crippen LogP contribution in [0.15, 0.2) is 30.3 Å². The van der Waals surface area contributed by atoms with E-state index in [1.54, 1.807) is 50.2 Å². The fourth-order valence-electron chi connectivity index (χ4n) is 2.83. The second-order valence-corrected chi connectivity index (χ2v) is 5.70. The molecule has 1 aliphatic rings. The smallest absolute Gasteiger partial charge is 0.282 e. The molecule has 2 aromatic rings. The van der Waals surface area contributed by atoms with E-state index in [0.717, 1.165) is 4.90 Å². The lowest BCUT2D eigenvalue weighted by atomic mass is 9.92. The molecule has 118 valence electrons. The van der Waals surface area contributed by atoms with Gasteiger partial charge >= 0.3 is 0 Å². The van der Waals surface area contributed by atoms with Crippen LogP contribution in [0.5, 0.6) is 0 Å². The largest absolute Gasteiger partial charge is 0.289 e. The molecule has 0 aromatic heterocycles. The summed E-state index contributed by atoms with van der Waals surface area (Å²) in [6.45, 7) is 1.70. The van der Waals surface area contributed by atoms with Crippen LogP contribution in [0.25, 0.3) is 10.8 Å². The van der Waals surface area contributed by atoms with Crippen LogP contribution in [-0.2, 0) is 0 Å². The van der Waals surface area contributed by atoms with E-state index in [1.165, 1.54) is 6.07 Å². The number of hydrogen-bond donors (Lipinski definition) is 0. The van der Waals surface area contributed by atoms with Crippen molar-refractivity contribution < 1.29 is 14.5 Å². The van der Waals surface area contributed by atoms with Gasteiger partial charge in [0.15, 0.2) is 0 Å². The van der Waals surface area contributed by atoms with E-state index in [9.17, 15) is 19.7 Å². The maximum Gasteiger partial charge on any atom is 0.282 e. The molecule has 0 radical (unpaired) electrons. The van der Waals surface area contributed by atoms with Crippen molar-refractivity contribution in [2.24, 2.45) is 0 Å². The lowest BCUT2D eigenvalue weighted by Gasteiger charge is -2.34. The minimum Gasteiger partial charge on any atom is -0.289 e. The van der Waals surface area contributed by atoms with Crippen LogP contribution in [0.3, 0.4) is 0 Å². The zero-order chi connectivity index (χ0) is 16.9. The fourth-order valence-corrected chi connectivity index (χ4v) is 2.83. The lowest BCUT2D eigenvalue weighted by Crippen LogP contribution is -2.51. The molecule has 0 saturated carbocycles. The second kappa shape index (κ2) is 5.13. The third-order valence-corrected chi connectivity index (χ3v) is 4.22. The van der Waals surface area contributed by atoms with Crippen molar-refractivity contribution in [3.8, 4) is 0 Å². The molecule has 1 atom stereocenters. The molecule has 1 unspecified atom stereocenters. The van der Waals surface area contributed by atoms with Crippen molar-refractivity contribution in [1.82, 2.24) is 9.80 Å². The van der Waals surface area contributed by atoms with Gasteiger partial charge in [0.2, 0.25) is 0 Å². The number of nitro groups is 1. The van der Waals surface area contributed by atoms with Crippen LogP contribution in [-0.4, -0.2) is 46.8 Å². The summed E-state index contributed by atoms with van der Waals surface area (Å²) in [4.78, 5) is 39.1. The van der Waals surface area contributed by atoms with Crippen LogP contribution < -0.4 is 0 Å². The first kappa shape index (κ1) is 15.1. The Balaban J connectivity index is 2.37. The molecular formula is C16H15N3O4. The molecule has 7 heteroatoms. The number of hydrogen-bond acceptors (Lipinski definition) is 5. The van der Waals surface area contributed by atoms with Gasteiger partial charge in [-0.05, 0) is 38.5 Å². The molecule has 2 amide bonds. The minimum absolute atomic E-state index is 0.0172. The van der Waals surface area contributed by atoms with Crippen molar-refractivity contribution in [3.05, 3.63) is 51.6 Å². The van der Waals surface area contributed by atoms with Crippen LogP contribution in [0.4, 0.5) is 5.69 Å². The summed E-state index contributed by atoms with van der Waals surface area (Å²) in [5, 5.41) is 12.3. The first-order valence-corrected chi connectivity index (χ1v) is 7.09. The van der Waals surface area contributed by atoms with E-state index < -0.39 is 22.9 Å². The van der Waals surface area contributed by atoms with Gasteiger partial charge in [-0.2, -0.15) is 0 Å². The Hall–Kier alpha value is -2.80. The van der Waals surface area contributed by atoms with Gasteiger partial charge in [0.05, 0.1) is 11.1 Å². The lowest BCUT2D eigenvalue weighted by molar-refractivity contribution is -0.385. The van der Waals surface area contributed by atoms with Crippen molar-refractivity contribution in [3.63, 3.8) is 0 Å². The number of nitro benzene ring substituents is 1. The Morgan fingerprint density at radius 1 is 1.13 bits per heavy atom. The zero-order valence-corrected chi connectivity index (χ0v) is 12.9. The third-order valence-electron chi connectivity index (χ3n) is 4.22. The average Bonchev–Trinajstić information content (AvgIpc) is 2.51. The molecule has 7 nitrogen and oxygen atoms in total. The van der Waals surface area contributed by atoms with E-state index in [1.807, 2.05) is 0 Å². The summed E-state index contributed by atoms with van der Waals surface area (Å²) in [6.07, 6.45) is -0.516. The van der Waals surface area contributed by atoms with Gasteiger partial charge in [-0.1, -0.05) is 12.1 Å². The maximum atomic E-state index is 12.9. The van der Waals surface area contributed by atoms with E-state index in [0.29, 0.717) is 16.3 Å². The average molecular weight is 313 g/mol. The highest BCUT2D eigenvalue weighted by molar-refractivity contribution is 6.27. The van der Waals surface area contributed by atoms with Crippen LogP contribution in [0, 0.1) is 10.1 Å². The van der Waals surface area contributed by atoms with Crippen molar-refractivity contribution >= 4 is 28.3 Å². The summed E-state index contributed by atoms with van der Waals surface area (Å²) in [5.41, 5.74) is 0.0179. The molecule has 2 aromatic carbocycles. The number of carbonyl (C=O) groups excluding carboxylic acids is 2. The summed E-state index contributed by atoms with van der Waals surface area (Å²) < 4.78 is 0. The van der Waals surface area contributed by atoms with Gasteiger partial charge in [0, 0.05) is 17.0 Å². The predicted octanol–water partition coefficient (Wildman–Crippen LogP) is 2.25. The Morgan fingerprint density at radius 2 is 1.83 bits per heavy atom. The van der Waals surface area contributed by atoms with Crippen molar-refractivity contribution in [2.75, 3.05) is 14.1 Å². The molecule has 0 saturated heterocycles. The van der Waals surface area contributed by atoms with Crippen LogP contribution in [0.2, 0.25) is 0 Å². The molecule has 0 spiro atoms. The summed E-state index contributed by atoms with van der Waals surface area (Å²) in [5.74, 6) is -1.07. The highest BCUT2D eigenvalue weighted by Gasteiger charge is 2.40. The first-order chi connectivity index (χ1) is 10.8. The number of carbonyl (C=O) groups is 2. The van der Waals surface area contributed by atoms with Crippen molar-refractivity contribution in [2.45, 2.75) is 13.1 Å². The molecule has 0 bridgehead atoms. The van der Waals surface area contributed by atoms with Gasteiger partial charge in [-0.25, -0.2) is 0 Å². The van der Waals surface area contributed by atoms with E-state index in [4.69, 9.17) is 0 Å². The topological polar surface area (TPSA) is 83.8 Å². The van der Waals surface area contributed by atoms with Crippen LogP contribution >= 0.6 is 0 Å². The highest BCUT2D eigenvalue weighted by Crippen LogP contribution is 2.36. The SMILES string of the molecule is CC(N(C)C)N1C(=O)c2cccc3ccc([N+](=O)[O-])c(c23)C1=O. The number of imide groups is 1. The summed E-state index contributed by atoms with van der Waals surface area (Å²) in [7, 11) is 3.47. The zero-order valence-electron chi connectivity index (χ0n) is 12.9. The Labute approximate surface area is 132 Å². The summed E-state index contributed by atoms with van der Waals surface area (Å²) in [6, 6.07) is 7.91. The Morgan fingerprint density at radius 3 is 2.43 bits per heavy atom.